The maximum Gasteiger partial charge on any atom is 0.252 e. The Hall–Kier alpha value is -2.81. The molecule has 0 aliphatic carbocycles. The lowest BCUT2D eigenvalue weighted by molar-refractivity contribution is 0.0925. The number of H-pyrrole nitrogens is 1. The van der Waals surface area contributed by atoms with Gasteiger partial charge in [0.1, 0.15) is 0 Å². The number of hydrogen-bond donors (Lipinski definition) is 1. The number of sulfonamides is 1. The standard InChI is InChI=1S/C25H28N2O5S/c1-3-18-6-11-24-20(13-18)14-21(25(29)26-24)15-27(16-22-5-4-12-32-22)33(30,31)23-9-7-19(8-10-23)17(2)28/h6-11,13-14,22H,3-5,12,15-16H2,1-2H3,(H,26,29). The zero-order valence-corrected chi connectivity index (χ0v) is 19.7. The van der Waals surface area contributed by atoms with E-state index in [1.807, 2.05) is 18.2 Å². The highest BCUT2D eigenvalue weighted by atomic mass is 32.2. The minimum Gasteiger partial charge on any atom is -0.377 e. The third-order valence-corrected chi connectivity index (χ3v) is 7.90. The van der Waals surface area contributed by atoms with Crippen LogP contribution in [0.1, 0.15) is 48.2 Å². The summed E-state index contributed by atoms with van der Waals surface area (Å²) in [5.74, 6) is -0.135. The van der Waals surface area contributed by atoms with Gasteiger partial charge in [-0.3, -0.25) is 9.59 Å². The highest BCUT2D eigenvalue weighted by Crippen LogP contribution is 2.23. The number of ether oxygens (including phenoxy) is 1. The van der Waals surface area contributed by atoms with Crippen molar-refractivity contribution >= 4 is 26.7 Å². The molecular weight excluding hydrogens is 440 g/mol. The maximum absolute atomic E-state index is 13.6. The van der Waals surface area contributed by atoms with E-state index in [-0.39, 0.29) is 35.4 Å². The summed E-state index contributed by atoms with van der Waals surface area (Å²) in [4.78, 5) is 27.3. The first-order valence-electron chi connectivity index (χ1n) is 11.2. The van der Waals surface area contributed by atoms with Crippen LogP contribution in [-0.2, 0) is 27.7 Å². The third-order valence-electron chi connectivity index (χ3n) is 6.07. The number of pyridine rings is 1. The number of nitrogens with zero attached hydrogens (tertiary/aromatic N) is 1. The third kappa shape index (κ3) is 5.08. The zero-order valence-electron chi connectivity index (χ0n) is 18.8. The summed E-state index contributed by atoms with van der Waals surface area (Å²) in [5.41, 5.74) is 2.35. The predicted molar refractivity (Wildman–Crippen MR) is 127 cm³/mol. The minimum absolute atomic E-state index is 0.0712. The van der Waals surface area contributed by atoms with Gasteiger partial charge >= 0.3 is 0 Å². The number of rotatable bonds is 8. The van der Waals surface area contributed by atoms with Gasteiger partial charge in [-0.15, -0.1) is 0 Å². The van der Waals surface area contributed by atoms with Gasteiger partial charge in [0, 0.05) is 36.3 Å². The molecule has 0 amide bonds. The van der Waals surface area contributed by atoms with E-state index in [9.17, 15) is 18.0 Å². The molecule has 1 fully saturated rings. The second kappa shape index (κ2) is 9.59. The number of benzene rings is 2. The average molecular weight is 469 g/mol. The number of ketones is 1. The van der Waals surface area contributed by atoms with Gasteiger partial charge in [0.15, 0.2) is 5.78 Å². The molecule has 1 aliphatic heterocycles. The molecule has 4 rings (SSSR count). The second-order valence-electron chi connectivity index (χ2n) is 8.41. The van der Waals surface area contributed by atoms with E-state index in [0.29, 0.717) is 23.3 Å². The number of carbonyl (C=O) groups is 1. The minimum atomic E-state index is -3.92. The Labute approximate surface area is 193 Å². The van der Waals surface area contributed by atoms with Crippen LogP contribution in [0.3, 0.4) is 0 Å². The molecule has 1 N–H and O–H groups in total. The SMILES string of the molecule is CCc1ccc2[nH]c(=O)c(CN(CC3CCCO3)S(=O)(=O)c3ccc(C(C)=O)cc3)cc2c1. The predicted octanol–water partition coefficient (Wildman–Crippen LogP) is 3.66. The molecular formula is C25H28N2O5S. The monoisotopic (exact) mass is 468 g/mol. The molecule has 2 heterocycles. The van der Waals surface area contributed by atoms with Crippen molar-refractivity contribution in [1.82, 2.24) is 9.29 Å². The molecule has 3 aromatic rings. The summed E-state index contributed by atoms with van der Waals surface area (Å²) in [6.07, 6.45) is 2.29. The number of nitrogens with one attached hydrogen (secondary N) is 1. The van der Waals surface area contributed by atoms with Gasteiger partial charge in [-0.05, 0) is 67.5 Å². The highest BCUT2D eigenvalue weighted by molar-refractivity contribution is 7.89. The van der Waals surface area contributed by atoms with Crippen molar-refractivity contribution in [2.75, 3.05) is 13.2 Å². The number of hydrogen-bond acceptors (Lipinski definition) is 5. The molecule has 1 unspecified atom stereocenters. The number of aromatic amines is 1. The largest absolute Gasteiger partial charge is 0.377 e. The number of fused-ring (bicyclic) bond motifs is 1. The van der Waals surface area contributed by atoms with E-state index in [1.54, 1.807) is 6.07 Å². The van der Waals surface area contributed by atoms with Gasteiger partial charge in [-0.1, -0.05) is 25.1 Å². The van der Waals surface area contributed by atoms with Gasteiger partial charge in [0.25, 0.3) is 5.56 Å². The van der Waals surface area contributed by atoms with Crippen molar-refractivity contribution in [2.24, 2.45) is 0 Å². The summed E-state index contributed by atoms with van der Waals surface area (Å²) < 4.78 is 34.1. The Kier molecular flexibility index (Phi) is 6.78. The number of carbonyl (C=O) groups excluding carboxylic acids is 1. The molecule has 33 heavy (non-hydrogen) atoms. The maximum atomic E-state index is 13.6. The smallest absolute Gasteiger partial charge is 0.252 e. The molecule has 1 aliphatic rings. The Morgan fingerprint density at radius 2 is 1.91 bits per heavy atom. The first-order chi connectivity index (χ1) is 15.8. The van der Waals surface area contributed by atoms with Crippen LogP contribution in [0.5, 0.6) is 0 Å². The van der Waals surface area contributed by atoms with Crippen molar-refractivity contribution in [3.05, 3.63) is 75.6 Å². The summed E-state index contributed by atoms with van der Waals surface area (Å²) in [7, 11) is -3.92. The average Bonchev–Trinajstić information content (AvgIpc) is 3.32. The summed E-state index contributed by atoms with van der Waals surface area (Å²) in [6.45, 7) is 4.17. The van der Waals surface area contributed by atoms with E-state index < -0.39 is 10.0 Å². The lowest BCUT2D eigenvalue weighted by atomic mass is 10.1. The fraction of sp³-hybridized carbons (Fsp3) is 0.360. The van der Waals surface area contributed by atoms with Crippen LogP contribution in [0, 0.1) is 0 Å². The van der Waals surface area contributed by atoms with Crippen molar-refractivity contribution in [3.63, 3.8) is 0 Å². The van der Waals surface area contributed by atoms with Crippen LogP contribution in [0.25, 0.3) is 10.9 Å². The Morgan fingerprint density at radius 1 is 1.15 bits per heavy atom. The van der Waals surface area contributed by atoms with E-state index in [1.165, 1.54) is 35.5 Å². The highest BCUT2D eigenvalue weighted by Gasteiger charge is 2.30. The molecule has 2 aromatic carbocycles. The van der Waals surface area contributed by atoms with Crippen molar-refractivity contribution < 1.29 is 17.9 Å². The molecule has 8 heteroatoms. The lowest BCUT2D eigenvalue weighted by Gasteiger charge is -2.25. The summed E-state index contributed by atoms with van der Waals surface area (Å²) >= 11 is 0. The number of aromatic nitrogens is 1. The van der Waals surface area contributed by atoms with Crippen molar-refractivity contribution in [2.45, 2.75) is 50.7 Å². The normalized spacial score (nSPS) is 16.5. The van der Waals surface area contributed by atoms with Gasteiger partial charge < -0.3 is 9.72 Å². The molecule has 0 radical (unpaired) electrons. The molecule has 174 valence electrons. The fourth-order valence-corrected chi connectivity index (χ4v) is 5.55. The van der Waals surface area contributed by atoms with Crippen LogP contribution >= 0.6 is 0 Å². The molecule has 0 spiro atoms. The molecule has 7 nitrogen and oxygen atoms in total. The van der Waals surface area contributed by atoms with Gasteiger partial charge in [0.2, 0.25) is 10.0 Å². The number of aryl methyl sites for hydroxylation is 1. The van der Waals surface area contributed by atoms with Crippen molar-refractivity contribution in [1.29, 1.82) is 0 Å². The quantitative estimate of drug-likeness (QED) is 0.509. The van der Waals surface area contributed by atoms with Crippen LogP contribution in [-0.4, -0.2) is 42.7 Å². The second-order valence-corrected chi connectivity index (χ2v) is 10.3. The van der Waals surface area contributed by atoms with E-state index in [4.69, 9.17) is 4.74 Å². The molecule has 1 aromatic heterocycles. The van der Waals surface area contributed by atoms with Crippen LogP contribution in [0.15, 0.2) is 58.2 Å². The first-order valence-corrected chi connectivity index (χ1v) is 12.6. The van der Waals surface area contributed by atoms with E-state index in [0.717, 1.165) is 30.2 Å². The molecule has 0 saturated carbocycles. The Balaban J connectivity index is 1.72. The topological polar surface area (TPSA) is 96.5 Å². The fourth-order valence-electron chi connectivity index (χ4n) is 4.10. The summed E-state index contributed by atoms with van der Waals surface area (Å²) in [5, 5.41) is 0.865. The number of Topliss-reactive ketones (excluding diaryl/α,β-unsaturated/α-hetero) is 1. The van der Waals surface area contributed by atoms with Crippen LogP contribution < -0.4 is 5.56 Å². The van der Waals surface area contributed by atoms with E-state index >= 15 is 0 Å². The Morgan fingerprint density at radius 3 is 2.55 bits per heavy atom. The van der Waals surface area contributed by atoms with Gasteiger partial charge in [0.05, 0.1) is 11.0 Å². The van der Waals surface area contributed by atoms with Crippen molar-refractivity contribution in [3.8, 4) is 0 Å². The summed E-state index contributed by atoms with van der Waals surface area (Å²) in [6, 6.07) is 13.5. The zero-order chi connectivity index (χ0) is 23.6. The lowest BCUT2D eigenvalue weighted by Crippen LogP contribution is -2.38. The van der Waals surface area contributed by atoms with Gasteiger partial charge in [-0.25, -0.2) is 8.42 Å². The molecule has 1 saturated heterocycles. The molecule has 0 bridgehead atoms. The Bertz CT molecular complexity index is 1320. The van der Waals surface area contributed by atoms with Crippen LogP contribution in [0.2, 0.25) is 0 Å². The van der Waals surface area contributed by atoms with Crippen LogP contribution in [0.4, 0.5) is 0 Å². The van der Waals surface area contributed by atoms with Gasteiger partial charge in [-0.2, -0.15) is 4.31 Å². The van der Waals surface area contributed by atoms with E-state index in [2.05, 4.69) is 11.9 Å². The first kappa shape index (κ1) is 23.4. The molecule has 1 atom stereocenters.